The van der Waals surface area contributed by atoms with E-state index in [-0.39, 0.29) is 28.1 Å². The first-order chi connectivity index (χ1) is 16.0. The SMILES string of the molecule is COc1ccc(-n2c(-c3ccccc3)c(C#N)c(O)c(-c3ccccc3[N+](=O)[O-])c2=O)cc1. The first kappa shape index (κ1) is 21.3. The lowest BCUT2D eigenvalue weighted by atomic mass is 9.97. The molecule has 1 aromatic heterocycles. The number of nitrogens with zero attached hydrogens (tertiary/aromatic N) is 3. The number of para-hydroxylation sites is 1. The number of benzene rings is 3. The quantitative estimate of drug-likeness (QED) is 0.357. The number of hydrogen-bond acceptors (Lipinski definition) is 6. The molecule has 8 heteroatoms. The van der Waals surface area contributed by atoms with Crippen molar-refractivity contribution < 1.29 is 14.8 Å². The molecule has 0 bridgehead atoms. The third kappa shape index (κ3) is 3.68. The van der Waals surface area contributed by atoms with Crippen LogP contribution in [-0.4, -0.2) is 21.7 Å². The summed E-state index contributed by atoms with van der Waals surface area (Å²) in [6, 6.07) is 22.8. The molecule has 0 amide bonds. The lowest BCUT2D eigenvalue weighted by Gasteiger charge is -2.19. The van der Waals surface area contributed by atoms with Crippen molar-refractivity contribution in [3.8, 4) is 45.6 Å². The van der Waals surface area contributed by atoms with Gasteiger partial charge in [-0.2, -0.15) is 5.26 Å². The molecule has 3 aromatic carbocycles. The molecule has 0 saturated carbocycles. The van der Waals surface area contributed by atoms with Crippen LogP contribution in [0.25, 0.3) is 28.1 Å². The number of pyridine rings is 1. The van der Waals surface area contributed by atoms with Gasteiger partial charge in [0.15, 0.2) is 0 Å². The Kier molecular flexibility index (Phi) is 5.62. The number of hydrogen-bond donors (Lipinski definition) is 1. The van der Waals surface area contributed by atoms with Gasteiger partial charge in [0.25, 0.3) is 11.2 Å². The van der Waals surface area contributed by atoms with Crippen LogP contribution in [0.15, 0.2) is 83.7 Å². The maximum absolute atomic E-state index is 13.8. The maximum atomic E-state index is 13.8. The zero-order chi connectivity index (χ0) is 23.5. The topological polar surface area (TPSA) is 118 Å². The minimum Gasteiger partial charge on any atom is -0.506 e. The molecule has 0 radical (unpaired) electrons. The highest BCUT2D eigenvalue weighted by Crippen LogP contribution is 2.39. The molecular formula is C25H17N3O5. The molecular weight excluding hydrogens is 422 g/mol. The van der Waals surface area contributed by atoms with Crippen molar-refractivity contribution in [2.75, 3.05) is 7.11 Å². The fourth-order valence-corrected chi connectivity index (χ4v) is 3.70. The molecule has 4 rings (SSSR count). The number of ether oxygens (including phenoxy) is 1. The van der Waals surface area contributed by atoms with Gasteiger partial charge in [0, 0.05) is 17.3 Å². The van der Waals surface area contributed by atoms with Gasteiger partial charge in [-0.1, -0.05) is 42.5 Å². The second kappa shape index (κ2) is 8.69. The molecule has 1 N–H and O–H groups in total. The Bertz CT molecular complexity index is 1450. The van der Waals surface area contributed by atoms with E-state index in [0.29, 0.717) is 17.0 Å². The predicted molar refractivity (Wildman–Crippen MR) is 122 cm³/mol. The van der Waals surface area contributed by atoms with Crippen LogP contribution < -0.4 is 10.3 Å². The first-order valence-corrected chi connectivity index (χ1v) is 9.83. The standard InChI is InChI=1S/C25H17N3O5/c1-33-18-13-11-17(12-14-18)27-23(16-7-3-2-4-8-16)20(15-26)24(29)22(25(27)30)19-9-5-6-10-21(19)28(31)32/h2-14,29H,1H3. The van der Waals surface area contributed by atoms with Gasteiger partial charge in [-0.15, -0.1) is 0 Å². The lowest BCUT2D eigenvalue weighted by Crippen LogP contribution is -2.23. The van der Waals surface area contributed by atoms with Crippen LogP contribution in [0.3, 0.4) is 0 Å². The van der Waals surface area contributed by atoms with Crippen LogP contribution in [0, 0.1) is 21.4 Å². The van der Waals surface area contributed by atoms with Crippen molar-refractivity contribution in [3.63, 3.8) is 0 Å². The zero-order valence-corrected chi connectivity index (χ0v) is 17.4. The van der Waals surface area contributed by atoms with Gasteiger partial charge in [0.1, 0.15) is 23.1 Å². The van der Waals surface area contributed by atoms with Gasteiger partial charge in [0.2, 0.25) is 0 Å². The van der Waals surface area contributed by atoms with Gasteiger partial charge < -0.3 is 9.84 Å². The number of rotatable bonds is 5. The fourth-order valence-electron chi connectivity index (χ4n) is 3.70. The van der Waals surface area contributed by atoms with Crippen molar-refractivity contribution in [1.29, 1.82) is 5.26 Å². The van der Waals surface area contributed by atoms with E-state index >= 15 is 0 Å². The summed E-state index contributed by atoms with van der Waals surface area (Å²) in [5.41, 5.74) is -0.551. The highest BCUT2D eigenvalue weighted by Gasteiger charge is 2.28. The normalized spacial score (nSPS) is 10.4. The predicted octanol–water partition coefficient (Wildman–Crippen LogP) is 4.67. The molecule has 0 spiro atoms. The molecule has 0 aliphatic heterocycles. The number of nitriles is 1. The van der Waals surface area contributed by atoms with Crippen LogP contribution in [0.2, 0.25) is 0 Å². The smallest absolute Gasteiger partial charge is 0.277 e. The van der Waals surface area contributed by atoms with Crippen LogP contribution in [0.4, 0.5) is 5.69 Å². The zero-order valence-electron chi connectivity index (χ0n) is 17.4. The van der Waals surface area contributed by atoms with Crippen LogP contribution >= 0.6 is 0 Å². The number of aromatic nitrogens is 1. The highest BCUT2D eigenvalue weighted by atomic mass is 16.6. The molecule has 0 unspecified atom stereocenters. The molecule has 0 aliphatic carbocycles. The monoisotopic (exact) mass is 439 g/mol. The van der Waals surface area contributed by atoms with Crippen molar-refractivity contribution in [2.24, 2.45) is 0 Å². The van der Waals surface area contributed by atoms with Gasteiger partial charge in [-0.25, -0.2) is 0 Å². The molecule has 162 valence electrons. The third-order valence-electron chi connectivity index (χ3n) is 5.21. The molecule has 0 saturated heterocycles. The molecule has 4 aromatic rings. The molecule has 0 aliphatic rings. The van der Waals surface area contributed by atoms with Crippen LogP contribution in [0.5, 0.6) is 11.5 Å². The van der Waals surface area contributed by atoms with E-state index in [4.69, 9.17) is 4.74 Å². The van der Waals surface area contributed by atoms with E-state index < -0.39 is 16.2 Å². The summed E-state index contributed by atoms with van der Waals surface area (Å²) < 4.78 is 6.47. The maximum Gasteiger partial charge on any atom is 0.277 e. The fraction of sp³-hybridized carbons (Fsp3) is 0.0400. The van der Waals surface area contributed by atoms with E-state index in [9.17, 15) is 25.3 Å². The molecule has 1 heterocycles. The van der Waals surface area contributed by atoms with Gasteiger partial charge in [0.05, 0.1) is 28.9 Å². The average molecular weight is 439 g/mol. The first-order valence-electron chi connectivity index (χ1n) is 9.83. The summed E-state index contributed by atoms with van der Waals surface area (Å²) in [6.07, 6.45) is 0. The summed E-state index contributed by atoms with van der Waals surface area (Å²) in [5.74, 6) is -0.0494. The average Bonchev–Trinajstić information content (AvgIpc) is 2.84. The summed E-state index contributed by atoms with van der Waals surface area (Å²) in [7, 11) is 1.51. The lowest BCUT2D eigenvalue weighted by molar-refractivity contribution is -0.384. The van der Waals surface area contributed by atoms with Crippen molar-refractivity contribution in [2.45, 2.75) is 0 Å². The Balaban J connectivity index is 2.18. The van der Waals surface area contributed by atoms with Crippen molar-refractivity contribution in [1.82, 2.24) is 4.57 Å². The van der Waals surface area contributed by atoms with E-state index in [2.05, 4.69) is 0 Å². The molecule has 0 fully saturated rings. The Morgan fingerprint density at radius 3 is 2.24 bits per heavy atom. The number of nitro benzene ring substituents is 1. The number of methoxy groups -OCH3 is 1. The van der Waals surface area contributed by atoms with Crippen molar-refractivity contribution >= 4 is 5.69 Å². The molecule has 8 nitrogen and oxygen atoms in total. The second-order valence-electron chi connectivity index (χ2n) is 7.04. The van der Waals surface area contributed by atoms with Crippen LogP contribution in [-0.2, 0) is 0 Å². The summed E-state index contributed by atoms with van der Waals surface area (Å²) in [5, 5.41) is 32.6. The van der Waals surface area contributed by atoms with Crippen molar-refractivity contribution in [3.05, 3.63) is 105 Å². The molecule has 33 heavy (non-hydrogen) atoms. The summed E-state index contributed by atoms with van der Waals surface area (Å²) in [4.78, 5) is 24.8. The van der Waals surface area contributed by atoms with Gasteiger partial charge in [-0.05, 0) is 30.3 Å². The minimum atomic E-state index is -0.704. The Morgan fingerprint density at radius 2 is 1.64 bits per heavy atom. The van der Waals surface area contributed by atoms with E-state index in [1.807, 2.05) is 6.07 Å². The Morgan fingerprint density at radius 1 is 1.00 bits per heavy atom. The summed E-state index contributed by atoms with van der Waals surface area (Å²) in [6.45, 7) is 0. The largest absolute Gasteiger partial charge is 0.506 e. The Hall–Kier alpha value is -4.90. The van der Waals surface area contributed by atoms with E-state index in [0.717, 1.165) is 0 Å². The van der Waals surface area contributed by atoms with Gasteiger partial charge in [-0.3, -0.25) is 19.5 Å². The summed E-state index contributed by atoms with van der Waals surface area (Å²) >= 11 is 0. The third-order valence-corrected chi connectivity index (χ3v) is 5.21. The second-order valence-corrected chi connectivity index (χ2v) is 7.04. The highest BCUT2D eigenvalue weighted by molar-refractivity contribution is 5.84. The van der Waals surface area contributed by atoms with E-state index in [1.165, 1.54) is 35.9 Å². The molecule has 0 atom stereocenters. The van der Waals surface area contributed by atoms with Crippen LogP contribution in [0.1, 0.15) is 5.56 Å². The van der Waals surface area contributed by atoms with Gasteiger partial charge >= 0.3 is 0 Å². The number of nitro groups is 1. The van der Waals surface area contributed by atoms with E-state index in [1.54, 1.807) is 54.6 Å². The minimum absolute atomic E-state index is 0.0802. The number of aromatic hydroxyl groups is 1. The Labute approximate surface area is 188 Å².